The molecule has 0 aromatic rings. The number of amides is 1. The van der Waals surface area contributed by atoms with Gasteiger partial charge < -0.3 is 15.7 Å². The van der Waals surface area contributed by atoms with E-state index in [0.717, 1.165) is 51.4 Å². The number of rotatable bonds is 22. The first kappa shape index (κ1) is 29.3. The fraction of sp³-hybridized carbons (Fsp3) is 0.870. The van der Waals surface area contributed by atoms with Crippen LogP contribution in [0.25, 0.3) is 0 Å². The topological polar surface area (TPSA) is 95.5 Å². The van der Waals surface area contributed by atoms with Gasteiger partial charge in [-0.3, -0.25) is 14.4 Å². The number of halogens is 1. The summed E-state index contributed by atoms with van der Waals surface area (Å²) in [5, 5.41) is 14.6. The van der Waals surface area contributed by atoms with Gasteiger partial charge in [0.1, 0.15) is 0 Å². The summed E-state index contributed by atoms with van der Waals surface area (Å²) in [6, 6.07) is -0.0725. The molecule has 0 aliphatic rings. The number of carboxylic acid groups (broad SMARTS) is 1. The van der Waals surface area contributed by atoms with Crippen LogP contribution in [-0.2, 0) is 14.4 Å². The summed E-state index contributed by atoms with van der Waals surface area (Å²) in [6.07, 6.45) is 17.5. The predicted molar refractivity (Wildman–Crippen MR) is 131 cm³/mol. The maximum absolute atomic E-state index is 11.8. The molecule has 0 rings (SSSR count). The first-order chi connectivity index (χ1) is 14.5. The quantitative estimate of drug-likeness (QED) is 0.0979. The van der Waals surface area contributed by atoms with Crippen LogP contribution in [0.3, 0.4) is 0 Å². The fourth-order valence-electron chi connectivity index (χ4n) is 3.49. The van der Waals surface area contributed by atoms with E-state index in [2.05, 4.69) is 10.6 Å². The number of unbranched alkanes of at least 4 members (excludes halogenated alkanes) is 12. The molecule has 1 atom stereocenters. The third-order valence-electron chi connectivity index (χ3n) is 5.41. The number of aliphatic carboxylic acids is 1. The second-order valence-corrected chi connectivity index (χ2v) is 9.19. The highest BCUT2D eigenvalue weighted by Gasteiger charge is 2.11. The van der Waals surface area contributed by atoms with Crippen LogP contribution in [0.1, 0.15) is 109 Å². The molecular weight excluding hydrogens is 495 g/mol. The Bertz CT molecular complexity index is 460. The summed E-state index contributed by atoms with van der Waals surface area (Å²) >= 11 is 1.83. The molecule has 6 nitrogen and oxygen atoms in total. The Balaban J connectivity index is 3.28. The first-order valence-electron chi connectivity index (χ1n) is 11.8. The van der Waals surface area contributed by atoms with Crippen molar-refractivity contribution >= 4 is 38.3 Å². The highest BCUT2D eigenvalue weighted by Crippen LogP contribution is 2.13. The number of carbonyl (C=O) groups is 3. The summed E-state index contributed by atoms with van der Waals surface area (Å²) < 4.78 is 0.143. The Hall–Kier alpha value is -0.700. The van der Waals surface area contributed by atoms with E-state index in [1.54, 1.807) is 7.05 Å². The Morgan fingerprint density at radius 2 is 1.20 bits per heavy atom. The number of carbonyl (C=O) groups excluding carboxylic acids is 2. The number of hydrogen-bond acceptors (Lipinski definition) is 4. The van der Waals surface area contributed by atoms with Gasteiger partial charge in [-0.15, -0.1) is 0 Å². The van der Waals surface area contributed by atoms with E-state index in [0.29, 0.717) is 19.4 Å². The minimum atomic E-state index is -0.684. The van der Waals surface area contributed by atoms with Crippen molar-refractivity contribution in [2.75, 3.05) is 13.6 Å². The van der Waals surface area contributed by atoms with Gasteiger partial charge in [0, 0.05) is 42.0 Å². The van der Waals surface area contributed by atoms with Crippen molar-refractivity contribution in [3.05, 3.63) is 0 Å². The lowest BCUT2D eigenvalue weighted by molar-refractivity contribution is -0.137. The Morgan fingerprint density at radius 1 is 0.733 bits per heavy atom. The molecule has 30 heavy (non-hydrogen) atoms. The number of nitrogens with one attached hydrogen (secondary N) is 2. The molecule has 1 amide bonds. The largest absolute Gasteiger partial charge is 0.481 e. The zero-order valence-electron chi connectivity index (χ0n) is 18.9. The van der Waals surface area contributed by atoms with Crippen molar-refractivity contribution < 1.29 is 19.5 Å². The number of likely N-dealkylation sites (N-methyl/N-ethyl adjacent to an activating group) is 1. The minimum absolute atomic E-state index is 0.0725. The molecule has 0 saturated carbocycles. The molecule has 0 fully saturated rings. The van der Waals surface area contributed by atoms with Crippen molar-refractivity contribution in [1.29, 1.82) is 0 Å². The second-order valence-electron chi connectivity index (χ2n) is 8.13. The maximum atomic E-state index is 11.8. The molecule has 176 valence electrons. The molecular formula is C23H43IN2O4. The SMILES string of the molecule is CN[C@H](CCCCNC(=O)CCCCCCCCCCCCCCC(=O)O)C(=O)I. The van der Waals surface area contributed by atoms with Gasteiger partial charge in [-0.1, -0.05) is 64.2 Å². The molecule has 0 bridgehead atoms. The van der Waals surface area contributed by atoms with Gasteiger partial charge >= 0.3 is 5.97 Å². The lowest BCUT2D eigenvalue weighted by Crippen LogP contribution is -2.31. The van der Waals surface area contributed by atoms with Crippen LogP contribution in [0.15, 0.2) is 0 Å². The van der Waals surface area contributed by atoms with Crippen LogP contribution in [0.5, 0.6) is 0 Å². The predicted octanol–water partition coefficient (Wildman–Crippen LogP) is 5.37. The highest BCUT2D eigenvalue weighted by atomic mass is 127. The van der Waals surface area contributed by atoms with Gasteiger partial charge in [-0.25, -0.2) is 0 Å². The number of hydrogen-bond donors (Lipinski definition) is 3. The van der Waals surface area contributed by atoms with E-state index in [4.69, 9.17) is 5.11 Å². The third-order valence-corrected chi connectivity index (χ3v) is 6.16. The van der Waals surface area contributed by atoms with Gasteiger partial charge in [0.15, 0.2) is 0 Å². The molecule has 0 unspecified atom stereocenters. The molecule has 0 radical (unpaired) electrons. The van der Waals surface area contributed by atoms with Gasteiger partial charge in [0.25, 0.3) is 0 Å². The van der Waals surface area contributed by atoms with Gasteiger partial charge in [-0.2, -0.15) is 0 Å². The Kier molecular flexibility index (Phi) is 21.0. The second kappa shape index (κ2) is 21.5. The normalized spacial score (nSPS) is 11.9. The van der Waals surface area contributed by atoms with Crippen LogP contribution >= 0.6 is 22.6 Å². The smallest absolute Gasteiger partial charge is 0.303 e. The average molecular weight is 539 g/mol. The molecule has 0 aliphatic carbocycles. The van der Waals surface area contributed by atoms with E-state index in [1.165, 1.54) is 44.9 Å². The third kappa shape index (κ3) is 20.6. The van der Waals surface area contributed by atoms with Crippen molar-refractivity contribution in [3.8, 4) is 0 Å². The number of carboxylic acids is 1. The molecule has 0 saturated heterocycles. The summed E-state index contributed by atoms with van der Waals surface area (Å²) in [6.45, 7) is 0.699. The Labute approximate surface area is 196 Å². The highest BCUT2D eigenvalue weighted by molar-refractivity contribution is 14.1. The van der Waals surface area contributed by atoms with Crippen LogP contribution in [0.4, 0.5) is 0 Å². The standard InChI is InChI=1S/C23H43IN2O4/c1-25-20(23(24)30)16-14-15-19-26-21(27)17-12-10-8-6-4-2-3-5-7-9-11-13-18-22(28)29/h20,25H,2-19H2,1H3,(H,26,27)(H,28,29)/t20-/m1/s1. The van der Waals surface area contributed by atoms with E-state index < -0.39 is 5.97 Å². The lowest BCUT2D eigenvalue weighted by atomic mass is 10.0. The van der Waals surface area contributed by atoms with E-state index in [1.807, 2.05) is 22.6 Å². The van der Waals surface area contributed by atoms with Crippen molar-refractivity contribution in [1.82, 2.24) is 10.6 Å². The monoisotopic (exact) mass is 538 g/mol. The molecule has 7 heteroatoms. The van der Waals surface area contributed by atoms with Crippen molar-refractivity contribution in [3.63, 3.8) is 0 Å². The minimum Gasteiger partial charge on any atom is -0.481 e. The summed E-state index contributed by atoms with van der Waals surface area (Å²) in [4.78, 5) is 33.6. The molecule has 0 spiro atoms. The maximum Gasteiger partial charge on any atom is 0.303 e. The molecule has 3 N–H and O–H groups in total. The average Bonchev–Trinajstić information content (AvgIpc) is 2.70. The summed E-state index contributed by atoms with van der Waals surface area (Å²) in [7, 11) is 1.80. The van der Waals surface area contributed by atoms with Crippen molar-refractivity contribution in [2.24, 2.45) is 0 Å². The molecule has 0 heterocycles. The van der Waals surface area contributed by atoms with Gasteiger partial charge in [0.2, 0.25) is 9.70 Å². The summed E-state index contributed by atoms with van der Waals surface area (Å²) in [5.74, 6) is -0.538. The van der Waals surface area contributed by atoms with E-state index in [9.17, 15) is 14.4 Å². The summed E-state index contributed by atoms with van der Waals surface area (Å²) in [5.41, 5.74) is 0. The van der Waals surface area contributed by atoms with Crippen LogP contribution in [-0.4, -0.2) is 40.4 Å². The van der Waals surface area contributed by atoms with Crippen LogP contribution in [0, 0.1) is 0 Å². The zero-order chi connectivity index (χ0) is 22.5. The van der Waals surface area contributed by atoms with Gasteiger partial charge in [-0.05, 0) is 39.2 Å². The lowest BCUT2D eigenvalue weighted by Gasteiger charge is -2.11. The van der Waals surface area contributed by atoms with E-state index in [-0.39, 0.29) is 15.7 Å². The van der Waals surface area contributed by atoms with Gasteiger partial charge in [0.05, 0.1) is 6.04 Å². The zero-order valence-corrected chi connectivity index (χ0v) is 21.0. The first-order valence-corrected chi connectivity index (χ1v) is 12.9. The Morgan fingerprint density at radius 3 is 1.63 bits per heavy atom. The van der Waals surface area contributed by atoms with E-state index >= 15 is 0 Å². The molecule has 0 aromatic heterocycles. The molecule has 0 aliphatic heterocycles. The fourth-order valence-corrected chi connectivity index (χ4v) is 4.11. The van der Waals surface area contributed by atoms with Crippen molar-refractivity contribution in [2.45, 2.75) is 115 Å². The van der Waals surface area contributed by atoms with Crippen LogP contribution < -0.4 is 10.6 Å². The van der Waals surface area contributed by atoms with Crippen LogP contribution in [0.2, 0.25) is 0 Å². The molecule has 0 aromatic carbocycles.